The number of aromatic nitrogens is 4. The van der Waals surface area contributed by atoms with Gasteiger partial charge in [-0.25, -0.2) is 18.5 Å². The second-order valence-corrected chi connectivity index (χ2v) is 13.4. The molecular formula is C23H29ClN6O11P2. The molecule has 0 spiro atoms. The van der Waals surface area contributed by atoms with Gasteiger partial charge in [0.05, 0.1) is 18.8 Å². The predicted molar refractivity (Wildman–Crippen MR) is 151 cm³/mol. The molecule has 1 aromatic carbocycles. The van der Waals surface area contributed by atoms with Crippen LogP contribution in [0.2, 0.25) is 5.02 Å². The fraction of sp³-hybridized carbons (Fsp3) is 0.435. The molecule has 3 unspecified atom stereocenters. The van der Waals surface area contributed by atoms with Crippen LogP contribution in [0.15, 0.2) is 47.8 Å². The fourth-order valence-corrected chi connectivity index (χ4v) is 7.45. The third-order valence-corrected chi connectivity index (χ3v) is 10.1. The number of imidazole rings is 1. The summed E-state index contributed by atoms with van der Waals surface area (Å²) in [5, 5.41) is 11.7. The van der Waals surface area contributed by atoms with Crippen molar-refractivity contribution in [1.82, 2.24) is 19.3 Å². The first-order valence-corrected chi connectivity index (χ1v) is 16.2. The zero-order valence-electron chi connectivity index (χ0n) is 22.5. The summed E-state index contributed by atoms with van der Waals surface area (Å²) in [4.78, 5) is 45.0. The maximum Gasteiger partial charge on any atom is 0.480 e. The number of hydrogen-bond donors (Lipinski definition) is 5. The van der Waals surface area contributed by atoms with Crippen LogP contribution in [-0.4, -0.2) is 85.6 Å². The van der Waals surface area contributed by atoms with E-state index < -0.39 is 52.3 Å². The number of nitrogen functional groups attached to an aromatic ring is 1. The predicted octanol–water partition coefficient (Wildman–Crippen LogP) is 1.46. The Hall–Kier alpha value is -2.82. The molecule has 0 aliphatic carbocycles. The third kappa shape index (κ3) is 6.97. The molecule has 2 aromatic heterocycles. The molecule has 1 saturated heterocycles. The van der Waals surface area contributed by atoms with Gasteiger partial charge in [0.2, 0.25) is 5.95 Å². The first-order chi connectivity index (χ1) is 20.4. The SMILES string of the molecule is CO[C@H]1[C@@H](O)[C@H](N2CC(CCOc3ccc(Cl)cc3)c3c2nc(N)[nH]c3=O)O[C@@H]1COP(=O)(O)OP(=O)(O)n1ccnc1. The molecule has 2 aliphatic rings. The van der Waals surface area contributed by atoms with Crippen molar-refractivity contribution in [1.29, 1.82) is 0 Å². The molecule has 0 amide bonds. The number of aromatic amines is 1. The van der Waals surface area contributed by atoms with Crippen molar-refractivity contribution in [2.24, 2.45) is 0 Å². The number of halogens is 1. The number of ether oxygens (including phenoxy) is 3. The zero-order valence-corrected chi connectivity index (χ0v) is 25.0. The van der Waals surface area contributed by atoms with Crippen LogP contribution < -0.4 is 20.9 Å². The normalized spacial score (nSPS) is 26.2. The number of H-pyrrole nitrogens is 1. The van der Waals surface area contributed by atoms with E-state index in [1.807, 2.05) is 0 Å². The van der Waals surface area contributed by atoms with Crippen molar-refractivity contribution >= 4 is 38.9 Å². The van der Waals surface area contributed by atoms with E-state index in [-0.39, 0.29) is 30.8 Å². The van der Waals surface area contributed by atoms with Gasteiger partial charge in [-0.2, -0.15) is 9.29 Å². The Morgan fingerprint density at radius 1 is 1.26 bits per heavy atom. The van der Waals surface area contributed by atoms with Crippen molar-refractivity contribution in [3.05, 3.63) is 63.9 Å². The van der Waals surface area contributed by atoms with Gasteiger partial charge in [-0.05, 0) is 30.7 Å². The Bertz CT molecular complexity index is 1580. The molecule has 7 atom stereocenters. The van der Waals surface area contributed by atoms with E-state index in [2.05, 4.69) is 19.3 Å². The molecule has 6 N–H and O–H groups in total. The van der Waals surface area contributed by atoms with Crippen LogP contribution >= 0.6 is 27.2 Å². The number of phosphoric acid groups is 1. The molecule has 3 aromatic rings. The lowest BCUT2D eigenvalue weighted by Gasteiger charge is -2.28. The highest BCUT2D eigenvalue weighted by Gasteiger charge is 2.51. The minimum absolute atomic E-state index is 0.146. The average molecular weight is 663 g/mol. The monoisotopic (exact) mass is 662 g/mol. The highest BCUT2D eigenvalue weighted by molar-refractivity contribution is 7.63. The maximum absolute atomic E-state index is 12.9. The molecule has 4 heterocycles. The lowest BCUT2D eigenvalue weighted by molar-refractivity contribution is -0.0352. The van der Waals surface area contributed by atoms with E-state index in [0.29, 0.717) is 27.1 Å². The standard InChI is InChI=1S/C23H29ClN6O11P2/c1-37-19-16(11-39-43(35,36)41-42(33,34)29-8-7-26-12-29)40-22(18(19)31)30-10-13(17-20(30)27-23(25)28-21(17)32)6-9-38-15-4-2-14(24)3-5-15/h2-5,7-8,12-13,16,18-19,22,31H,6,9-11H2,1H3,(H,33,34)(H,35,36)(H3,25,27,28,32)/t13?,16-,18-,19-,22-/m1/s1. The van der Waals surface area contributed by atoms with E-state index in [4.69, 9.17) is 36.1 Å². The third-order valence-electron chi connectivity index (χ3n) is 6.88. The van der Waals surface area contributed by atoms with Gasteiger partial charge in [0, 0.05) is 37.0 Å². The highest BCUT2D eigenvalue weighted by atomic mass is 35.5. The summed E-state index contributed by atoms with van der Waals surface area (Å²) < 4.78 is 52.0. The molecule has 17 nitrogen and oxygen atoms in total. The van der Waals surface area contributed by atoms with Crippen LogP contribution in [-0.2, 0) is 27.4 Å². The number of anilines is 2. The van der Waals surface area contributed by atoms with Gasteiger partial charge in [0.1, 0.15) is 36.2 Å². The van der Waals surface area contributed by atoms with E-state index >= 15 is 0 Å². The number of aliphatic hydroxyl groups excluding tert-OH is 1. The lowest BCUT2D eigenvalue weighted by atomic mass is 10.0. The molecule has 1 fully saturated rings. The highest BCUT2D eigenvalue weighted by Crippen LogP contribution is 2.60. The van der Waals surface area contributed by atoms with Gasteiger partial charge in [-0.3, -0.25) is 14.3 Å². The largest absolute Gasteiger partial charge is 0.494 e. The van der Waals surface area contributed by atoms with Crippen LogP contribution in [0.5, 0.6) is 5.75 Å². The molecule has 2 aliphatic heterocycles. The Morgan fingerprint density at radius 2 is 2.00 bits per heavy atom. The van der Waals surface area contributed by atoms with Crippen LogP contribution in [0, 0.1) is 0 Å². The van der Waals surface area contributed by atoms with Gasteiger partial charge >= 0.3 is 15.6 Å². The Kier molecular flexibility index (Phi) is 9.30. The molecule has 0 radical (unpaired) electrons. The van der Waals surface area contributed by atoms with Crippen molar-refractivity contribution in [2.75, 3.05) is 37.5 Å². The number of rotatable bonds is 12. The molecular weight excluding hydrogens is 634 g/mol. The summed E-state index contributed by atoms with van der Waals surface area (Å²) in [6.07, 6.45) is -1.12. The Labute approximate surface area is 249 Å². The van der Waals surface area contributed by atoms with Gasteiger partial charge in [-0.15, -0.1) is 0 Å². The Morgan fingerprint density at radius 3 is 2.67 bits per heavy atom. The number of aliphatic hydroxyl groups is 1. The van der Waals surface area contributed by atoms with Gasteiger partial charge in [0.25, 0.3) is 5.56 Å². The minimum atomic E-state index is -5.11. The fourth-order valence-electron chi connectivity index (χ4n) is 4.97. The number of nitrogens with two attached hydrogens (primary N) is 1. The van der Waals surface area contributed by atoms with Gasteiger partial charge in [-0.1, -0.05) is 11.6 Å². The maximum atomic E-state index is 12.9. The smallest absolute Gasteiger partial charge is 0.480 e. The molecule has 5 rings (SSSR count). The van der Waals surface area contributed by atoms with Crippen LogP contribution in [0.25, 0.3) is 0 Å². The van der Waals surface area contributed by atoms with E-state index in [1.54, 1.807) is 29.2 Å². The van der Waals surface area contributed by atoms with Crippen molar-refractivity contribution in [3.8, 4) is 5.75 Å². The molecule has 234 valence electrons. The van der Waals surface area contributed by atoms with Crippen molar-refractivity contribution < 1.29 is 47.1 Å². The number of hydrogen-bond acceptors (Lipinski definition) is 13. The van der Waals surface area contributed by atoms with E-state index in [0.717, 1.165) is 12.5 Å². The number of phosphoric ester groups is 1. The zero-order chi connectivity index (χ0) is 30.9. The summed E-state index contributed by atoms with van der Waals surface area (Å²) >= 11 is 5.92. The molecule has 20 heteroatoms. The molecule has 0 bridgehead atoms. The average Bonchev–Trinajstić information content (AvgIpc) is 3.67. The summed E-state index contributed by atoms with van der Waals surface area (Å²) in [5.41, 5.74) is 5.69. The lowest BCUT2D eigenvalue weighted by Crippen LogP contribution is -2.44. The Balaban J connectivity index is 1.29. The summed E-state index contributed by atoms with van der Waals surface area (Å²) in [7, 11) is -8.63. The van der Waals surface area contributed by atoms with Crippen molar-refractivity contribution in [2.45, 2.75) is 36.9 Å². The summed E-state index contributed by atoms with van der Waals surface area (Å²) in [6, 6.07) is 6.82. The first-order valence-electron chi connectivity index (χ1n) is 12.8. The molecule has 43 heavy (non-hydrogen) atoms. The summed E-state index contributed by atoms with van der Waals surface area (Å²) in [6.45, 7) is -0.243. The number of benzene rings is 1. The summed E-state index contributed by atoms with van der Waals surface area (Å²) in [5.74, 6) is 0.249. The molecule has 0 saturated carbocycles. The number of nitrogens with one attached hydrogen (secondary N) is 1. The number of nitrogens with zero attached hydrogens (tertiary/aromatic N) is 4. The van der Waals surface area contributed by atoms with Crippen LogP contribution in [0.4, 0.5) is 11.8 Å². The van der Waals surface area contributed by atoms with E-state index in [9.17, 15) is 28.8 Å². The van der Waals surface area contributed by atoms with Gasteiger partial charge in [0.15, 0.2) is 6.23 Å². The van der Waals surface area contributed by atoms with Crippen molar-refractivity contribution in [3.63, 3.8) is 0 Å². The van der Waals surface area contributed by atoms with Crippen LogP contribution in [0.3, 0.4) is 0 Å². The quantitative estimate of drug-likeness (QED) is 0.173. The van der Waals surface area contributed by atoms with Gasteiger partial charge < -0.3 is 39.7 Å². The van der Waals surface area contributed by atoms with Crippen LogP contribution in [0.1, 0.15) is 17.9 Å². The minimum Gasteiger partial charge on any atom is -0.494 e. The second-order valence-electron chi connectivity index (χ2n) is 9.66. The number of methoxy groups -OCH3 is 1. The second kappa shape index (κ2) is 12.7. The van der Waals surface area contributed by atoms with E-state index in [1.165, 1.54) is 13.3 Å². The topological polar surface area (TPSA) is 234 Å². The first kappa shape index (κ1) is 31.6. The number of fused-ring (bicyclic) bond motifs is 1.